The number of rotatable bonds is 5. The fourth-order valence-electron chi connectivity index (χ4n) is 1.39. The average Bonchev–Trinajstić information content (AvgIpc) is 2.35. The zero-order chi connectivity index (χ0) is 14.6. The van der Waals surface area contributed by atoms with Gasteiger partial charge < -0.3 is 15.5 Å². The highest BCUT2D eigenvalue weighted by Crippen LogP contribution is 2.27. The first-order valence-corrected chi connectivity index (χ1v) is 5.76. The fourth-order valence-corrected chi connectivity index (χ4v) is 1.58. The van der Waals surface area contributed by atoms with Crippen molar-refractivity contribution in [3.8, 4) is 0 Å². The Kier molecular flexibility index (Phi) is 4.85. The van der Waals surface area contributed by atoms with Gasteiger partial charge in [0.2, 0.25) is 5.67 Å². The topological polar surface area (TPSA) is 86.6 Å². The van der Waals surface area contributed by atoms with Gasteiger partial charge in [0, 0.05) is 5.02 Å². The van der Waals surface area contributed by atoms with E-state index in [4.69, 9.17) is 21.8 Å². The summed E-state index contributed by atoms with van der Waals surface area (Å²) < 4.78 is 14.4. The van der Waals surface area contributed by atoms with E-state index in [1.54, 1.807) is 0 Å². The largest absolute Gasteiger partial charge is 0.480 e. The summed E-state index contributed by atoms with van der Waals surface area (Å²) in [5.74, 6) is -2.60. The number of amides is 1. The van der Waals surface area contributed by atoms with Crippen LogP contribution in [0.4, 0.5) is 4.39 Å². The van der Waals surface area contributed by atoms with Gasteiger partial charge in [-0.1, -0.05) is 23.7 Å². The molecule has 0 aliphatic carbocycles. The Morgan fingerprint density at radius 3 is 2.63 bits per heavy atom. The second kappa shape index (κ2) is 5.99. The van der Waals surface area contributed by atoms with Gasteiger partial charge in [0.15, 0.2) is 0 Å². The van der Waals surface area contributed by atoms with Gasteiger partial charge in [-0.3, -0.25) is 4.79 Å². The molecular weight excluding hydrogens is 277 g/mol. The molecule has 0 fully saturated rings. The number of aliphatic hydroxyl groups excluding tert-OH is 1. The van der Waals surface area contributed by atoms with Crippen LogP contribution in [0.15, 0.2) is 24.3 Å². The molecule has 0 bridgehead atoms. The molecule has 1 aromatic rings. The second-order valence-corrected chi connectivity index (χ2v) is 4.50. The van der Waals surface area contributed by atoms with Crippen LogP contribution in [-0.2, 0) is 15.3 Å². The van der Waals surface area contributed by atoms with Crippen molar-refractivity contribution < 1.29 is 24.2 Å². The minimum atomic E-state index is -2.45. The van der Waals surface area contributed by atoms with Crippen LogP contribution in [0.25, 0.3) is 0 Å². The molecule has 19 heavy (non-hydrogen) atoms. The molecule has 0 aromatic heterocycles. The maximum atomic E-state index is 14.4. The van der Waals surface area contributed by atoms with E-state index in [0.29, 0.717) is 0 Å². The first kappa shape index (κ1) is 15.4. The number of nitrogens with one attached hydrogen (secondary N) is 1. The molecule has 1 amide bonds. The lowest BCUT2D eigenvalue weighted by Gasteiger charge is -2.22. The van der Waals surface area contributed by atoms with Gasteiger partial charge in [-0.25, -0.2) is 9.18 Å². The molecule has 1 unspecified atom stereocenters. The maximum absolute atomic E-state index is 14.4. The second-order valence-electron chi connectivity index (χ2n) is 4.06. The Balaban J connectivity index is 2.93. The van der Waals surface area contributed by atoms with Crippen LogP contribution in [0.2, 0.25) is 5.02 Å². The number of carbonyl (C=O) groups excluding carboxylic acids is 1. The number of benzene rings is 1. The van der Waals surface area contributed by atoms with Gasteiger partial charge in [0.05, 0.1) is 6.61 Å². The van der Waals surface area contributed by atoms with Crippen LogP contribution in [-0.4, -0.2) is 34.7 Å². The molecule has 2 atom stereocenters. The molecule has 0 heterocycles. The summed E-state index contributed by atoms with van der Waals surface area (Å²) in [6.07, 6.45) is 0. The quantitative estimate of drug-likeness (QED) is 0.757. The van der Waals surface area contributed by atoms with E-state index in [9.17, 15) is 14.0 Å². The van der Waals surface area contributed by atoms with Crippen LogP contribution in [0.5, 0.6) is 0 Å². The molecule has 1 aromatic carbocycles. The van der Waals surface area contributed by atoms with Crippen LogP contribution < -0.4 is 5.32 Å². The average molecular weight is 290 g/mol. The molecule has 7 heteroatoms. The lowest BCUT2D eigenvalue weighted by Crippen LogP contribution is -2.49. The highest BCUT2D eigenvalue weighted by atomic mass is 35.5. The first-order valence-electron chi connectivity index (χ1n) is 5.38. The molecule has 5 nitrogen and oxygen atoms in total. The standard InChI is InChI=1S/C12H13ClFNO4/c1-12(14,7-3-2-4-8(13)5-7)11(19)15-9(6-16)10(17)18/h2-5,9,16H,6H2,1H3,(H,15,19)(H,17,18)/t9-,12?/m0/s1. The van der Waals surface area contributed by atoms with E-state index in [-0.39, 0.29) is 10.6 Å². The zero-order valence-corrected chi connectivity index (χ0v) is 10.8. The highest BCUT2D eigenvalue weighted by Gasteiger charge is 2.37. The van der Waals surface area contributed by atoms with Crippen molar-refractivity contribution >= 4 is 23.5 Å². The molecule has 0 aliphatic heterocycles. The lowest BCUT2D eigenvalue weighted by molar-refractivity contribution is -0.145. The maximum Gasteiger partial charge on any atom is 0.328 e. The Hall–Kier alpha value is -1.66. The molecule has 0 saturated heterocycles. The molecule has 0 saturated carbocycles. The first-order chi connectivity index (χ1) is 8.78. The van der Waals surface area contributed by atoms with Gasteiger partial charge in [-0.15, -0.1) is 0 Å². The zero-order valence-electron chi connectivity index (χ0n) is 10.1. The van der Waals surface area contributed by atoms with E-state index >= 15 is 0 Å². The number of aliphatic carboxylic acids is 1. The fraction of sp³-hybridized carbons (Fsp3) is 0.333. The molecule has 3 N–H and O–H groups in total. The Morgan fingerprint density at radius 2 is 2.16 bits per heavy atom. The van der Waals surface area contributed by atoms with Gasteiger partial charge in [-0.2, -0.15) is 0 Å². The van der Waals surface area contributed by atoms with Crippen LogP contribution in [0.1, 0.15) is 12.5 Å². The summed E-state index contributed by atoms with van der Waals surface area (Å²) in [5, 5.41) is 19.6. The predicted octanol–water partition coefficient (Wildman–Crippen LogP) is 1.09. The van der Waals surface area contributed by atoms with E-state index in [0.717, 1.165) is 6.92 Å². The number of hydrogen-bond donors (Lipinski definition) is 3. The molecule has 1 rings (SSSR count). The molecule has 0 radical (unpaired) electrons. The van der Waals surface area contributed by atoms with Crippen molar-refractivity contribution in [1.82, 2.24) is 5.32 Å². The summed E-state index contributed by atoms with van der Waals surface area (Å²) in [6, 6.07) is 4.08. The van der Waals surface area contributed by atoms with Crippen LogP contribution >= 0.6 is 11.6 Å². The van der Waals surface area contributed by atoms with Crippen molar-refractivity contribution in [2.24, 2.45) is 0 Å². The van der Waals surface area contributed by atoms with E-state index in [1.807, 2.05) is 5.32 Å². The summed E-state index contributed by atoms with van der Waals surface area (Å²) in [6.45, 7) is 0.164. The number of carbonyl (C=O) groups is 2. The smallest absolute Gasteiger partial charge is 0.328 e. The summed E-state index contributed by atoms with van der Waals surface area (Å²) in [4.78, 5) is 22.4. The Morgan fingerprint density at radius 1 is 1.53 bits per heavy atom. The highest BCUT2D eigenvalue weighted by molar-refractivity contribution is 6.30. The van der Waals surface area contributed by atoms with E-state index in [1.165, 1.54) is 24.3 Å². The van der Waals surface area contributed by atoms with Crippen molar-refractivity contribution in [3.63, 3.8) is 0 Å². The van der Waals surface area contributed by atoms with E-state index < -0.39 is 30.2 Å². The van der Waals surface area contributed by atoms with Crippen molar-refractivity contribution in [3.05, 3.63) is 34.9 Å². The lowest BCUT2D eigenvalue weighted by atomic mass is 9.96. The number of alkyl halides is 1. The number of aliphatic hydroxyl groups is 1. The Labute approximate surface area is 114 Å². The van der Waals surface area contributed by atoms with Crippen molar-refractivity contribution in [2.75, 3.05) is 6.61 Å². The molecule has 104 valence electrons. The van der Waals surface area contributed by atoms with E-state index in [2.05, 4.69) is 0 Å². The Bertz CT molecular complexity index is 492. The minimum Gasteiger partial charge on any atom is -0.480 e. The normalized spacial score (nSPS) is 15.4. The molecular formula is C12H13ClFNO4. The molecule has 0 spiro atoms. The van der Waals surface area contributed by atoms with Gasteiger partial charge in [-0.05, 0) is 24.6 Å². The third-order valence-electron chi connectivity index (χ3n) is 2.58. The molecule has 0 aliphatic rings. The third kappa shape index (κ3) is 3.65. The third-order valence-corrected chi connectivity index (χ3v) is 2.81. The minimum absolute atomic E-state index is 0.000390. The van der Waals surface area contributed by atoms with Gasteiger partial charge >= 0.3 is 5.97 Å². The predicted molar refractivity (Wildman–Crippen MR) is 66.6 cm³/mol. The number of carboxylic acid groups (broad SMARTS) is 1. The summed E-state index contributed by atoms with van der Waals surface area (Å²) >= 11 is 5.71. The van der Waals surface area contributed by atoms with Gasteiger partial charge in [0.1, 0.15) is 6.04 Å². The van der Waals surface area contributed by atoms with Crippen LogP contribution in [0.3, 0.4) is 0 Å². The van der Waals surface area contributed by atoms with Gasteiger partial charge in [0.25, 0.3) is 5.91 Å². The van der Waals surface area contributed by atoms with Crippen LogP contribution in [0, 0.1) is 0 Å². The monoisotopic (exact) mass is 289 g/mol. The number of halogens is 2. The SMILES string of the molecule is CC(F)(C(=O)N[C@@H](CO)C(=O)O)c1cccc(Cl)c1. The van der Waals surface area contributed by atoms with Crippen molar-refractivity contribution in [1.29, 1.82) is 0 Å². The number of carboxylic acids is 1. The van der Waals surface area contributed by atoms with Crippen molar-refractivity contribution in [2.45, 2.75) is 18.6 Å². The summed E-state index contributed by atoms with van der Waals surface area (Å²) in [7, 11) is 0. The number of hydrogen-bond acceptors (Lipinski definition) is 3. The summed E-state index contributed by atoms with van der Waals surface area (Å²) in [5.41, 5.74) is -2.45.